The summed E-state index contributed by atoms with van der Waals surface area (Å²) in [5, 5.41) is 4.21. The molecule has 0 bridgehead atoms. The molecule has 0 atom stereocenters. The van der Waals surface area contributed by atoms with Crippen molar-refractivity contribution in [1.29, 1.82) is 0 Å². The van der Waals surface area contributed by atoms with Crippen LogP contribution in [0.1, 0.15) is 17.5 Å². The fourth-order valence-electron chi connectivity index (χ4n) is 2.59. The van der Waals surface area contributed by atoms with Crippen LogP contribution in [-0.2, 0) is 17.6 Å². The SMILES string of the molecule is O=C(CCc1ccccc1)NCCc1ccc2cc[nH]c2c1. The summed E-state index contributed by atoms with van der Waals surface area (Å²) < 4.78 is 0. The molecule has 0 unspecified atom stereocenters. The molecule has 0 saturated carbocycles. The van der Waals surface area contributed by atoms with Crippen molar-refractivity contribution in [2.24, 2.45) is 0 Å². The van der Waals surface area contributed by atoms with Crippen LogP contribution in [-0.4, -0.2) is 17.4 Å². The average molecular weight is 292 g/mol. The van der Waals surface area contributed by atoms with Crippen LogP contribution in [0.3, 0.4) is 0 Å². The lowest BCUT2D eigenvalue weighted by Crippen LogP contribution is -2.25. The highest BCUT2D eigenvalue weighted by Gasteiger charge is 2.02. The van der Waals surface area contributed by atoms with Crippen molar-refractivity contribution in [2.45, 2.75) is 19.3 Å². The van der Waals surface area contributed by atoms with E-state index < -0.39 is 0 Å². The molecule has 22 heavy (non-hydrogen) atoms. The zero-order valence-corrected chi connectivity index (χ0v) is 12.5. The van der Waals surface area contributed by atoms with Crippen molar-refractivity contribution in [3.63, 3.8) is 0 Å². The summed E-state index contributed by atoms with van der Waals surface area (Å²) >= 11 is 0. The lowest BCUT2D eigenvalue weighted by Gasteiger charge is -2.06. The first-order chi connectivity index (χ1) is 10.8. The van der Waals surface area contributed by atoms with Gasteiger partial charge in [-0.15, -0.1) is 0 Å². The van der Waals surface area contributed by atoms with Crippen LogP contribution < -0.4 is 5.32 Å². The monoisotopic (exact) mass is 292 g/mol. The summed E-state index contributed by atoms with van der Waals surface area (Å²) in [7, 11) is 0. The van der Waals surface area contributed by atoms with Crippen LogP contribution in [0.5, 0.6) is 0 Å². The number of benzene rings is 2. The van der Waals surface area contributed by atoms with E-state index in [1.165, 1.54) is 16.5 Å². The van der Waals surface area contributed by atoms with Gasteiger partial charge in [-0.25, -0.2) is 0 Å². The van der Waals surface area contributed by atoms with Crippen molar-refractivity contribution in [3.8, 4) is 0 Å². The molecule has 0 spiro atoms. The van der Waals surface area contributed by atoms with Crippen molar-refractivity contribution >= 4 is 16.8 Å². The maximum atomic E-state index is 11.9. The molecule has 1 heterocycles. The number of nitrogens with one attached hydrogen (secondary N) is 2. The Hall–Kier alpha value is -2.55. The molecule has 1 amide bonds. The van der Waals surface area contributed by atoms with Gasteiger partial charge in [-0.05, 0) is 41.5 Å². The van der Waals surface area contributed by atoms with Crippen molar-refractivity contribution < 1.29 is 4.79 Å². The molecular weight excluding hydrogens is 272 g/mol. The minimum absolute atomic E-state index is 0.116. The second-order valence-corrected chi connectivity index (χ2v) is 5.48. The van der Waals surface area contributed by atoms with E-state index in [4.69, 9.17) is 0 Å². The normalized spacial score (nSPS) is 10.7. The van der Waals surface area contributed by atoms with Crippen molar-refractivity contribution in [1.82, 2.24) is 10.3 Å². The lowest BCUT2D eigenvalue weighted by molar-refractivity contribution is -0.121. The summed E-state index contributed by atoms with van der Waals surface area (Å²) in [5.74, 6) is 0.116. The molecule has 2 N–H and O–H groups in total. The van der Waals surface area contributed by atoms with Gasteiger partial charge >= 0.3 is 0 Å². The molecular formula is C19H20N2O. The standard InChI is InChI=1S/C19H20N2O/c22-19(9-7-15-4-2-1-3-5-15)21-12-10-16-6-8-17-11-13-20-18(17)14-16/h1-6,8,11,13-14,20H,7,9-10,12H2,(H,21,22). The highest BCUT2D eigenvalue weighted by atomic mass is 16.1. The summed E-state index contributed by atoms with van der Waals surface area (Å²) in [6.07, 6.45) is 4.13. The quantitative estimate of drug-likeness (QED) is 0.718. The van der Waals surface area contributed by atoms with Gasteiger partial charge in [0.15, 0.2) is 0 Å². The second kappa shape index (κ2) is 6.94. The Kier molecular flexibility index (Phi) is 4.54. The third kappa shape index (κ3) is 3.76. The van der Waals surface area contributed by atoms with E-state index >= 15 is 0 Å². The van der Waals surface area contributed by atoms with Crippen LogP contribution in [0.25, 0.3) is 10.9 Å². The lowest BCUT2D eigenvalue weighted by atomic mass is 10.1. The molecule has 0 fully saturated rings. The van der Waals surface area contributed by atoms with Gasteiger partial charge in [0.25, 0.3) is 0 Å². The average Bonchev–Trinajstić information content (AvgIpc) is 3.02. The summed E-state index contributed by atoms with van der Waals surface area (Å²) in [4.78, 5) is 15.1. The first kappa shape index (κ1) is 14.4. The van der Waals surface area contributed by atoms with Gasteiger partial charge in [0.1, 0.15) is 0 Å². The number of aromatic amines is 1. The largest absolute Gasteiger partial charge is 0.361 e. The Bertz CT molecular complexity index is 746. The zero-order chi connectivity index (χ0) is 15.2. The Labute approximate surface area is 130 Å². The molecule has 0 aliphatic rings. The van der Waals surface area contributed by atoms with Crippen LogP contribution >= 0.6 is 0 Å². The van der Waals surface area contributed by atoms with Crippen LogP contribution in [0.4, 0.5) is 0 Å². The first-order valence-corrected chi connectivity index (χ1v) is 7.68. The van der Waals surface area contributed by atoms with E-state index in [2.05, 4.69) is 46.7 Å². The van der Waals surface area contributed by atoms with E-state index in [0.29, 0.717) is 13.0 Å². The summed E-state index contributed by atoms with van der Waals surface area (Å²) in [6, 6.07) is 18.5. The van der Waals surface area contributed by atoms with E-state index in [-0.39, 0.29) is 5.91 Å². The highest BCUT2D eigenvalue weighted by Crippen LogP contribution is 2.14. The molecule has 2 aromatic carbocycles. The van der Waals surface area contributed by atoms with Crippen molar-refractivity contribution in [3.05, 3.63) is 71.9 Å². The zero-order valence-electron chi connectivity index (χ0n) is 12.5. The van der Waals surface area contributed by atoms with Crippen molar-refractivity contribution in [2.75, 3.05) is 6.54 Å². The number of fused-ring (bicyclic) bond motifs is 1. The Balaban J connectivity index is 1.43. The Morgan fingerprint density at radius 2 is 1.82 bits per heavy atom. The number of hydrogen-bond donors (Lipinski definition) is 2. The van der Waals surface area contributed by atoms with E-state index in [9.17, 15) is 4.79 Å². The molecule has 0 aliphatic heterocycles. The molecule has 0 aliphatic carbocycles. The number of hydrogen-bond acceptors (Lipinski definition) is 1. The molecule has 3 rings (SSSR count). The number of carbonyl (C=O) groups is 1. The van der Waals surface area contributed by atoms with Gasteiger partial charge in [-0.1, -0.05) is 42.5 Å². The fourth-order valence-corrected chi connectivity index (χ4v) is 2.59. The molecule has 1 aromatic heterocycles. The second-order valence-electron chi connectivity index (χ2n) is 5.48. The minimum atomic E-state index is 0.116. The van der Waals surface area contributed by atoms with E-state index in [1.807, 2.05) is 24.4 Å². The molecule has 0 radical (unpaired) electrons. The Morgan fingerprint density at radius 1 is 0.955 bits per heavy atom. The number of amides is 1. The summed E-state index contributed by atoms with van der Waals surface area (Å²) in [5.41, 5.74) is 3.58. The predicted molar refractivity (Wildman–Crippen MR) is 89.8 cm³/mol. The van der Waals surface area contributed by atoms with Gasteiger partial charge < -0.3 is 10.3 Å². The highest BCUT2D eigenvalue weighted by molar-refractivity contribution is 5.80. The number of carbonyl (C=O) groups excluding carboxylic acids is 1. The van der Waals surface area contributed by atoms with Gasteiger partial charge in [0.2, 0.25) is 5.91 Å². The molecule has 3 aromatic rings. The van der Waals surface area contributed by atoms with Gasteiger partial charge in [-0.3, -0.25) is 4.79 Å². The van der Waals surface area contributed by atoms with Gasteiger partial charge in [0.05, 0.1) is 0 Å². The third-order valence-electron chi connectivity index (χ3n) is 3.84. The van der Waals surface area contributed by atoms with Gasteiger partial charge in [-0.2, -0.15) is 0 Å². The smallest absolute Gasteiger partial charge is 0.220 e. The third-order valence-corrected chi connectivity index (χ3v) is 3.84. The van der Waals surface area contributed by atoms with Crippen LogP contribution in [0.2, 0.25) is 0 Å². The molecule has 112 valence electrons. The van der Waals surface area contributed by atoms with Gasteiger partial charge in [0, 0.05) is 24.7 Å². The van der Waals surface area contributed by atoms with E-state index in [1.54, 1.807) is 0 Å². The maximum absolute atomic E-state index is 11.9. The van der Waals surface area contributed by atoms with Crippen LogP contribution in [0.15, 0.2) is 60.8 Å². The predicted octanol–water partition coefficient (Wildman–Crippen LogP) is 3.46. The molecule has 3 nitrogen and oxygen atoms in total. The number of aryl methyl sites for hydroxylation is 1. The fraction of sp³-hybridized carbons (Fsp3) is 0.211. The van der Waals surface area contributed by atoms with E-state index in [0.717, 1.165) is 18.4 Å². The summed E-state index contributed by atoms with van der Waals surface area (Å²) in [6.45, 7) is 0.680. The van der Waals surface area contributed by atoms with Crippen LogP contribution in [0, 0.1) is 0 Å². The topological polar surface area (TPSA) is 44.9 Å². The number of aromatic nitrogens is 1. The first-order valence-electron chi connectivity index (χ1n) is 7.68. The molecule has 0 saturated heterocycles. The molecule has 3 heteroatoms. The Morgan fingerprint density at radius 3 is 2.68 bits per heavy atom. The maximum Gasteiger partial charge on any atom is 0.220 e. The number of H-pyrrole nitrogens is 1. The minimum Gasteiger partial charge on any atom is -0.361 e. The number of rotatable bonds is 6.